The minimum Gasteiger partial charge on any atom is -0.504 e. The minimum absolute atomic E-state index is 0.0677. The van der Waals surface area contributed by atoms with Gasteiger partial charge in [0.05, 0.1) is 0 Å². The van der Waals surface area contributed by atoms with Gasteiger partial charge in [0.15, 0.2) is 11.5 Å². The topological polar surface area (TPSA) is 40.5 Å². The molecule has 0 aliphatic heterocycles. The van der Waals surface area contributed by atoms with E-state index in [2.05, 4.69) is 38.1 Å². The van der Waals surface area contributed by atoms with E-state index in [4.69, 9.17) is 0 Å². The van der Waals surface area contributed by atoms with Crippen molar-refractivity contribution in [3.63, 3.8) is 0 Å². The predicted octanol–water partition coefficient (Wildman–Crippen LogP) is 5.56. The number of para-hydroxylation sites is 1. The zero-order chi connectivity index (χ0) is 16.4. The van der Waals surface area contributed by atoms with Gasteiger partial charge < -0.3 is 10.2 Å². The highest BCUT2D eigenvalue weighted by atomic mass is 16.3. The number of phenols is 2. The maximum Gasteiger partial charge on any atom is 0.165 e. The largest absolute Gasteiger partial charge is 0.504 e. The van der Waals surface area contributed by atoms with E-state index in [9.17, 15) is 10.2 Å². The van der Waals surface area contributed by atoms with E-state index in [-0.39, 0.29) is 11.5 Å². The lowest BCUT2D eigenvalue weighted by atomic mass is 9.89. The van der Waals surface area contributed by atoms with Crippen molar-refractivity contribution < 1.29 is 10.2 Å². The molecule has 0 amide bonds. The van der Waals surface area contributed by atoms with Crippen LogP contribution in [0.1, 0.15) is 25.3 Å². The Kier molecular flexibility index (Phi) is 4.07. The highest BCUT2D eigenvalue weighted by Crippen LogP contribution is 2.40. The quantitative estimate of drug-likeness (QED) is 0.622. The van der Waals surface area contributed by atoms with Crippen molar-refractivity contribution in [3.05, 3.63) is 72.3 Å². The number of benzene rings is 3. The van der Waals surface area contributed by atoms with Gasteiger partial charge >= 0.3 is 0 Å². The van der Waals surface area contributed by atoms with Gasteiger partial charge in [-0.3, -0.25) is 0 Å². The fourth-order valence-electron chi connectivity index (χ4n) is 2.84. The first-order valence-electron chi connectivity index (χ1n) is 7.78. The second-order valence-corrected chi connectivity index (χ2v) is 6.00. The summed E-state index contributed by atoms with van der Waals surface area (Å²) in [5.41, 5.74) is 5.08. The molecule has 3 rings (SSSR count). The second kappa shape index (κ2) is 6.17. The Morgan fingerprint density at radius 2 is 1.43 bits per heavy atom. The molecular weight excluding hydrogens is 284 g/mol. The Labute approximate surface area is 136 Å². The Morgan fingerprint density at radius 3 is 2.13 bits per heavy atom. The molecule has 23 heavy (non-hydrogen) atoms. The lowest BCUT2D eigenvalue weighted by Gasteiger charge is -2.16. The summed E-state index contributed by atoms with van der Waals surface area (Å²) in [6.45, 7) is 4.26. The third-order valence-electron chi connectivity index (χ3n) is 4.09. The van der Waals surface area contributed by atoms with E-state index >= 15 is 0 Å². The van der Waals surface area contributed by atoms with E-state index < -0.39 is 0 Å². The van der Waals surface area contributed by atoms with Crippen LogP contribution in [0.4, 0.5) is 0 Å². The van der Waals surface area contributed by atoms with Gasteiger partial charge in [-0.2, -0.15) is 0 Å². The molecule has 0 atom stereocenters. The Bertz CT molecular complexity index is 821. The number of hydrogen-bond acceptors (Lipinski definition) is 2. The molecule has 2 heteroatoms. The monoisotopic (exact) mass is 304 g/mol. The van der Waals surface area contributed by atoms with Crippen LogP contribution in [0, 0.1) is 0 Å². The Balaban J connectivity index is 2.17. The number of aromatic hydroxyl groups is 2. The molecule has 3 aromatic carbocycles. The van der Waals surface area contributed by atoms with Crippen molar-refractivity contribution in [1.29, 1.82) is 0 Å². The molecule has 0 fully saturated rings. The fourth-order valence-corrected chi connectivity index (χ4v) is 2.84. The van der Waals surface area contributed by atoms with Crippen LogP contribution in [0.2, 0.25) is 0 Å². The van der Waals surface area contributed by atoms with E-state index in [0.717, 1.165) is 16.7 Å². The molecule has 116 valence electrons. The zero-order valence-electron chi connectivity index (χ0n) is 13.3. The summed E-state index contributed by atoms with van der Waals surface area (Å²) in [5.74, 6) is 0.140. The Hall–Kier alpha value is -2.74. The molecule has 2 N–H and O–H groups in total. The minimum atomic E-state index is -0.0932. The number of hydrogen-bond donors (Lipinski definition) is 2. The van der Waals surface area contributed by atoms with Crippen LogP contribution in [0.5, 0.6) is 11.5 Å². The summed E-state index contributed by atoms with van der Waals surface area (Å²) in [6.07, 6.45) is 0. The van der Waals surface area contributed by atoms with Crippen LogP contribution in [0.15, 0.2) is 66.7 Å². The summed E-state index contributed by atoms with van der Waals surface area (Å²) in [4.78, 5) is 0. The van der Waals surface area contributed by atoms with Crippen molar-refractivity contribution in [1.82, 2.24) is 0 Å². The molecule has 0 spiro atoms. The maximum atomic E-state index is 10.2. The molecule has 3 aromatic rings. The zero-order valence-corrected chi connectivity index (χ0v) is 13.3. The van der Waals surface area contributed by atoms with Crippen molar-refractivity contribution >= 4 is 0 Å². The molecule has 2 nitrogen and oxygen atoms in total. The van der Waals surface area contributed by atoms with E-state index in [1.807, 2.05) is 30.3 Å². The van der Waals surface area contributed by atoms with Gasteiger partial charge in [-0.15, -0.1) is 0 Å². The van der Waals surface area contributed by atoms with Crippen molar-refractivity contribution in [2.75, 3.05) is 0 Å². The normalized spacial score (nSPS) is 10.9. The van der Waals surface area contributed by atoms with Crippen molar-refractivity contribution in [2.45, 2.75) is 19.8 Å². The maximum absolute atomic E-state index is 10.2. The average molecular weight is 304 g/mol. The molecule has 0 aliphatic carbocycles. The number of rotatable bonds is 3. The van der Waals surface area contributed by atoms with Crippen LogP contribution in [-0.4, -0.2) is 10.2 Å². The third kappa shape index (κ3) is 2.93. The lowest BCUT2D eigenvalue weighted by molar-refractivity contribution is 0.405. The van der Waals surface area contributed by atoms with Gasteiger partial charge in [0.25, 0.3) is 0 Å². The summed E-state index contributed by atoms with van der Waals surface area (Å²) < 4.78 is 0. The van der Waals surface area contributed by atoms with Crippen LogP contribution >= 0.6 is 0 Å². The number of phenolic OH excluding ortho intramolecular Hbond substituents is 2. The summed E-state index contributed by atoms with van der Waals surface area (Å²) in [7, 11) is 0. The molecule has 0 heterocycles. The average Bonchev–Trinajstić information content (AvgIpc) is 2.58. The third-order valence-corrected chi connectivity index (χ3v) is 4.09. The van der Waals surface area contributed by atoms with E-state index in [1.165, 1.54) is 11.6 Å². The van der Waals surface area contributed by atoms with Gasteiger partial charge in [-0.05, 0) is 34.2 Å². The SMILES string of the molecule is CC(C)c1cc(-c2ccccc2)ccc1-c1cccc(O)c1O. The van der Waals surface area contributed by atoms with Gasteiger partial charge in [0, 0.05) is 5.56 Å². The first-order valence-corrected chi connectivity index (χ1v) is 7.78. The highest BCUT2D eigenvalue weighted by Gasteiger charge is 2.15. The van der Waals surface area contributed by atoms with Gasteiger partial charge in [-0.25, -0.2) is 0 Å². The Morgan fingerprint density at radius 1 is 0.696 bits per heavy atom. The molecule has 0 bridgehead atoms. The van der Waals surface area contributed by atoms with E-state index in [0.29, 0.717) is 11.5 Å². The van der Waals surface area contributed by atoms with Crippen LogP contribution in [0.3, 0.4) is 0 Å². The summed E-state index contributed by atoms with van der Waals surface area (Å²) in [6, 6.07) is 21.6. The van der Waals surface area contributed by atoms with E-state index in [1.54, 1.807) is 6.07 Å². The molecule has 0 radical (unpaired) electrons. The van der Waals surface area contributed by atoms with Crippen molar-refractivity contribution in [2.24, 2.45) is 0 Å². The standard InChI is InChI=1S/C21H20O2/c1-14(2)19-13-16(15-7-4-3-5-8-15)11-12-17(19)18-9-6-10-20(22)21(18)23/h3-14,22-23H,1-2H3. The first-order chi connectivity index (χ1) is 11.1. The van der Waals surface area contributed by atoms with Gasteiger partial charge in [0.1, 0.15) is 0 Å². The fraction of sp³-hybridized carbons (Fsp3) is 0.143. The second-order valence-electron chi connectivity index (χ2n) is 6.00. The highest BCUT2D eigenvalue weighted by molar-refractivity contribution is 5.79. The van der Waals surface area contributed by atoms with Gasteiger partial charge in [-0.1, -0.05) is 74.5 Å². The van der Waals surface area contributed by atoms with Crippen LogP contribution < -0.4 is 0 Å². The van der Waals surface area contributed by atoms with Crippen LogP contribution in [-0.2, 0) is 0 Å². The molecular formula is C21H20O2. The molecule has 0 aromatic heterocycles. The lowest BCUT2D eigenvalue weighted by Crippen LogP contribution is -1.94. The molecule has 0 aliphatic rings. The smallest absolute Gasteiger partial charge is 0.165 e. The molecule has 0 saturated carbocycles. The summed E-state index contributed by atoms with van der Waals surface area (Å²) in [5, 5.41) is 20.0. The molecule has 0 saturated heterocycles. The summed E-state index contributed by atoms with van der Waals surface area (Å²) >= 11 is 0. The van der Waals surface area contributed by atoms with Gasteiger partial charge in [0.2, 0.25) is 0 Å². The predicted molar refractivity (Wildman–Crippen MR) is 94.7 cm³/mol. The van der Waals surface area contributed by atoms with Crippen molar-refractivity contribution in [3.8, 4) is 33.8 Å². The first kappa shape index (κ1) is 15.2. The van der Waals surface area contributed by atoms with Crippen LogP contribution in [0.25, 0.3) is 22.3 Å². The molecule has 0 unspecified atom stereocenters.